The van der Waals surface area contributed by atoms with Crippen LogP contribution in [0.4, 0.5) is 16.2 Å². The third-order valence-corrected chi connectivity index (χ3v) is 4.01. The van der Waals surface area contributed by atoms with Crippen LogP contribution in [-0.2, 0) is 9.53 Å². The molecule has 7 heteroatoms. The SMILES string of the molecule is CC(C)(C)OC(=O)N1CCN(c2ccc(N=C=O)cc2Br)CC1. The van der Waals surface area contributed by atoms with Gasteiger partial charge in [0.1, 0.15) is 5.60 Å². The zero-order valence-corrected chi connectivity index (χ0v) is 15.1. The smallest absolute Gasteiger partial charge is 0.410 e. The molecule has 0 spiro atoms. The van der Waals surface area contributed by atoms with Crippen molar-refractivity contribution >= 4 is 39.5 Å². The Bertz CT molecular complexity index is 628. The zero-order chi connectivity index (χ0) is 17.0. The van der Waals surface area contributed by atoms with Crippen LogP contribution in [-0.4, -0.2) is 48.9 Å². The van der Waals surface area contributed by atoms with E-state index in [0.29, 0.717) is 31.9 Å². The van der Waals surface area contributed by atoms with Gasteiger partial charge in [-0.1, -0.05) is 0 Å². The summed E-state index contributed by atoms with van der Waals surface area (Å²) in [6, 6.07) is 5.45. The molecule has 0 aliphatic carbocycles. The summed E-state index contributed by atoms with van der Waals surface area (Å²) in [4.78, 5) is 29.9. The molecule has 0 radical (unpaired) electrons. The second kappa shape index (κ2) is 7.15. The minimum Gasteiger partial charge on any atom is -0.444 e. The fourth-order valence-electron chi connectivity index (χ4n) is 2.33. The van der Waals surface area contributed by atoms with Crippen molar-refractivity contribution in [3.05, 3.63) is 22.7 Å². The lowest BCUT2D eigenvalue weighted by Crippen LogP contribution is -2.50. The Hall–Kier alpha value is -1.85. The summed E-state index contributed by atoms with van der Waals surface area (Å²) in [5, 5.41) is 0. The maximum Gasteiger partial charge on any atom is 0.410 e. The summed E-state index contributed by atoms with van der Waals surface area (Å²) < 4.78 is 6.26. The van der Waals surface area contributed by atoms with E-state index in [0.717, 1.165) is 10.2 Å². The van der Waals surface area contributed by atoms with E-state index in [-0.39, 0.29) is 6.09 Å². The normalized spacial score (nSPS) is 15.1. The van der Waals surface area contributed by atoms with Gasteiger partial charge in [0.2, 0.25) is 6.08 Å². The maximum absolute atomic E-state index is 12.1. The Kier molecular flexibility index (Phi) is 5.44. The fourth-order valence-corrected chi connectivity index (χ4v) is 2.95. The van der Waals surface area contributed by atoms with Crippen molar-refractivity contribution in [2.45, 2.75) is 26.4 Å². The molecule has 1 aliphatic rings. The highest BCUT2D eigenvalue weighted by Gasteiger charge is 2.26. The average Bonchev–Trinajstić information content (AvgIpc) is 2.46. The van der Waals surface area contributed by atoms with E-state index in [2.05, 4.69) is 25.8 Å². The van der Waals surface area contributed by atoms with E-state index in [1.165, 1.54) is 6.08 Å². The van der Waals surface area contributed by atoms with Crippen molar-refractivity contribution in [1.82, 2.24) is 4.90 Å². The van der Waals surface area contributed by atoms with Gasteiger partial charge in [-0.2, -0.15) is 4.99 Å². The van der Waals surface area contributed by atoms with Crippen LogP contribution >= 0.6 is 15.9 Å². The van der Waals surface area contributed by atoms with Gasteiger partial charge in [0.05, 0.1) is 11.4 Å². The highest BCUT2D eigenvalue weighted by Crippen LogP contribution is 2.31. The van der Waals surface area contributed by atoms with Crippen LogP contribution < -0.4 is 4.90 Å². The molecule has 1 aliphatic heterocycles. The molecule has 2 rings (SSSR count). The molecule has 1 heterocycles. The number of benzene rings is 1. The van der Waals surface area contributed by atoms with Gasteiger partial charge < -0.3 is 14.5 Å². The van der Waals surface area contributed by atoms with Gasteiger partial charge >= 0.3 is 6.09 Å². The number of ether oxygens (including phenoxy) is 1. The van der Waals surface area contributed by atoms with Crippen LogP contribution in [0.5, 0.6) is 0 Å². The number of carbonyl (C=O) groups excluding carboxylic acids is 2. The van der Waals surface area contributed by atoms with Crippen LogP contribution in [0.2, 0.25) is 0 Å². The van der Waals surface area contributed by atoms with Gasteiger partial charge in [-0.05, 0) is 54.9 Å². The second-order valence-corrected chi connectivity index (χ2v) is 7.15. The summed E-state index contributed by atoms with van der Waals surface area (Å²) in [5.41, 5.74) is 1.09. The molecule has 6 nitrogen and oxygen atoms in total. The third kappa shape index (κ3) is 4.81. The quantitative estimate of drug-likeness (QED) is 0.581. The van der Waals surface area contributed by atoms with E-state index in [1.807, 2.05) is 26.8 Å². The number of nitrogens with zero attached hydrogens (tertiary/aromatic N) is 3. The Morgan fingerprint density at radius 1 is 1.26 bits per heavy atom. The van der Waals surface area contributed by atoms with Crippen molar-refractivity contribution in [3.8, 4) is 0 Å². The lowest BCUT2D eigenvalue weighted by Gasteiger charge is -2.37. The van der Waals surface area contributed by atoms with E-state index in [9.17, 15) is 9.59 Å². The Morgan fingerprint density at radius 2 is 1.91 bits per heavy atom. The minimum absolute atomic E-state index is 0.271. The largest absolute Gasteiger partial charge is 0.444 e. The number of hydrogen-bond donors (Lipinski definition) is 0. The molecule has 0 atom stereocenters. The summed E-state index contributed by atoms with van der Waals surface area (Å²) in [6.07, 6.45) is 1.26. The van der Waals surface area contributed by atoms with E-state index in [1.54, 1.807) is 17.0 Å². The van der Waals surface area contributed by atoms with E-state index in [4.69, 9.17) is 4.74 Å². The first-order valence-electron chi connectivity index (χ1n) is 7.40. The molecule has 1 aromatic rings. The average molecular weight is 382 g/mol. The molecule has 23 heavy (non-hydrogen) atoms. The van der Waals surface area contributed by atoms with Crippen LogP contribution in [0.15, 0.2) is 27.7 Å². The van der Waals surface area contributed by atoms with Crippen molar-refractivity contribution in [2.24, 2.45) is 4.99 Å². The molecule has 124 valence electrons. The molecule has 1 fully saturated rings. The van der Waals surface area contributed by atoms with Crippen molar-refractivity contribution < 1.29 is 14.3 Å². The first-order chi connectivity index (χ1) is 10.8. The Labute approximate surface area is 144 Å². The summed E-state index contributed by atoms with van der Waals surface area (Å²) in [5.74, 6) is 0. The first-order valence-corrected chi connectivity index (χ1v) is 8.20. The highest BCUT2D eigenvalue weighted by molar-refractivity contribution is 9.10. The molecule has 0 unspecified atom stereocenters. The predicted octanol–water partition coefficient (Wildman–Crippen LogP) is 3.47. The molecule has 0 N–H and O–H groups in total. The van der Waals surface area contributed by atoms with Crippen molar-refractivity contribution in [1.29, 1.82) is 0 Å². The molecule has 1 aromatic carbocycles. The summed E-state index contributed by atoms with van der Waals surface area (Å²) >= 11 is 3.50. The van der Waals surface area contributed by atoms with Gasteiger partial charge in [0.15, 0.2) is 0 Å². The van der Waals surface area contributed by atoms with Crippen LogP contribution in [0.3, 0.4) is 0 Å². The summed E-state index contributed by atoms with van der Waals surface area (Å²) in [6.45, 7) is 8.23. The number of anilines is 1. The van der Waals surface area contributed by atoms with Crippen molar-refractivity contribution in [2.75, 3.05) is 31.1 Å². The highest BCUT2D eigenvalue weighted by atomic mass is 79.9. The second-order valence-electron chi connectivity index (χ2n) is 6.29. The lowest BCUT2D eigenvalue weighted by atomic mass is 10.2. The van der Waals surface area contributed by atoms with Gasteiger partial charge in [0, 0.05) is 30.7 Å². The number of halogens is 1. The van der Waals surface area contributed by atoms with Crippen LogP contribution in [0.1, 0.15) is 20.8 Å². The van der Waals surface area contributed by atoms with E-state index >= 15 is 0 Å². The molecular formula is C16H20BrN3O3. The zero-order valence-electron chi connectivity index (χ0n) is 13.5. The van der Waals surface area contributed by atoms with Gasteiger partial charge in [0.25, 0.3) is 0 Å². The lowest BCUT2D eigenvalue weighted by molar-refractivity contribution is 0.0240. The number of rotatable bonds is 2. The number of aliphatic imine (C=N–C) groups is 1. The third-order valence-electron chi connectivity index (χ3n) is 3.38. The Morgan fingerprint density at radius 3 is 2.43 bits per heavy atom. The predicted molar refractivity (Wildman–Crippen MR) is 91.9 cm³/mol. The molecule has 1 amide bonds. The van der Waals surface area contributed by atoms with Gasteiger partial charge in [-0.3, -0.25) is 0 Å². The maximum atomic E-state index is 12.1. The monoisotopic (exact) mass is 381 g/mol. The number of hydrogen-bond acceptors (Lipinski definition) is 5. The first kappa shape index (κ1) is 17.5. The molecule has 1 saturated heterocycles. The molecule has 0 bridgehead atoms. The standard InChI is InChI=1S/C16H20BrN3O3/c1-16(2,3)23-15(22)20-8-6-19(7-9-20)14-5-4-12(18-11-21)10-13(14)17/h4-5,10H,6-9H2,1-3H3. The van der Waals surface area contributed by atoms with Crippen LogP contribution in [0.25, 0.3) is 0 Å². The number of isocyanates is 1. The molecular weight excluding hydrogens is 362 g/mol. The fraction of sp³-hybridized carbons (Fsp3) is 0.500. The van der Waals surface area contributed by atoms with Crippen molar-refractivity contribution in [3.63, 3.8) is 0 Å². The minimum atomic E-state index is -0.480. The Balaban J connectivity index is 1.99. The number of piperazine rings is 1. The van der Waals surface area contributed by atoms with Gasteiger partial charge in [-0.15, -0.1) is 0 Å². The topological polar surface area (TPSA) is 62.2 Å². The van der Waals surface area contributed by atoms with Gasteiger partial charge in [-0.25, -0.2) is 9.59 Å². The number of carbonyl (C=O) groups is 1. The van der Waals surface area contributed by atoms with Crippen LogP contribution in [0, 0.1) is 0 Å². The molecule has 0 aromatic heterocycles. The van der Waals surface area contributed by atoms with E-state index < -0.39 is 5.60 Å². The summed E-state index contributed by atoms with van der Waals surface area (Å²) in [7, 11) is 0. The number of amides is 1. The molecule has 0 saturated carbocycles.